The molecule has 1 unspecified atom stereocenters. The molecule has 8 heteroatoms. The van der Waals surface area contributed by atoms with Gasteiger partial charge in [-0.15, -0.1) is 0 Å². The average molecular weight is 481 g/mol. The lowest BCUT2D eigenvalue weighted by molar-refractivity contribution is -0.139. The Morgan fingerprint density at radius 3 is 1.97 bits per heavy atom. The van der Waals surface area contributed by atoms with E-state index in [1.165, 1.54) is 12.1 Å². The van der Waals surface area contributed by atoms with Gasteiger partial charge in [-0.2, -0.15) is 0 Å². The number of nitrogens with one attached hydrogen (secondary N) is 2. The van der Waals surface area contributed by atoms with Crippen LogP contribution in [-0.4, -0.2) is 25.4 Å². The maximum atomic E-state index is 13.0. The molecule has 3 aromatic carbocycles. The number of benzene rings is 3. The van der Waals surface area contributed by atoms with Crippen LogP contribution in [0.25, 0.3) is 0 Å². The summed E-state index contributed by atoms with van der Waals surface area (Å²) in [5.74, 6) is -1.70. The van der Waals surface area contributed by atoms with Gasteiger partial charge in [0, 0.05) is 12.1 Å². The van der Waals surface area contributed by atoms with Crippen LogP contribution in [0.2, 0.25) is 0 Å². The molecule has 0 heterocycles. The fourth-order valence-corrected chi connectivity index (χ4v) is 5.38. The number of hydrogen-bond donors (Lipinski definition) is 3. The van der Waals surface area contributed by atoms with Crippen molar-refractivity contribution in [3.05, 3.63) is 99.6 Å². The van der Waals surface area contributed by atoms with Crippen molar-refractivity contribution in [2.75, 3.05) is 0 Å². The first kappa shape index (κ1) is 25.1. The van der Waals surface area contributed by atoms with Crippen molar-refractivity contribution in [1.82, 2.24) is 10.0 Å². The minimum absolute atomic E-state index is 0.0534. The molecule has 178 valence electrons. The summed E-state index contributed by atoms with van der Waals surface area (Å²) in [5, 5.41) is 12.0. The van der Waals surface area contributed by atoms with E-state index < -0.39 is 27.9 Å². The van der Waals surface area contributed by atoms with Gasteiger partial charge in [0.25, 0.3) is 5.91 Å². The molecule has 34 heavy (non-hydrogen) atoms. The molecule has 0 spiro atoms. The summed E-state index contributed by atoms with van der Waals surface area (Å²) in [7, 11) is -3.74. The molecule has 0 aliphatic carbocycles. The van der Waals surface area contributed by atoms with E-state index in [4.69, 9.17) is 0 Å². The van der Waals surface area contributed by atoms with Crippen LogP contribution in [0.5, 0.6) is 0 Å². The van der Waals surface area contributed by atoms with Crippen molar-refractivity contribution in [3.63, 3.8) is 0 Å². The highest BCUT2D eigenvalue weighted by Gasteiger charge is 2.23. The van der Waals surface area contributed by atoms with E-state index in [1.54, 1.807) is 56.3 Å². The van der Waals surface area contributed by atoms with Crippen molar-refractivity contribution in [2.45, 2.75) is 45.2 Å². The smallest absolute Gasteiger partial charge is 0.330 e. The predicted molar refractivity (Wildman–Crippen MR) is 130 cm³/mol. The lowest BCUT2D eigenvalue weighted by Crippen LogP contribution is -2.33. The van der Waals surface area contributed by atoms with Gasteiger partial charge in [-0.05, 0) is 73.2 Å². The number of carboxylic acid groups (broad SMARTS) is 1. The fourth-order valence-electron chi connectivity index (χ4n) is 3.76. The summed E-state index contributed by atoms with van der Waals surface area (Å²) in [4.78, 5) is 24.5. The van der Waals surface area contributed by atoms with Gasteiger partial charge >= 0.3 is 5.97 Å². The summed E-state index contributed by atoms with van der Waals surface area (Å²) in [5.41, 5.74) is 4.66. The third kappa shape index (κ3) is 5.52. The Labute approximate surface area is 199 Å². The zero-order chi connectivity index (χ0) is 25.0. The fraction of sp³-hybridized carbons (Fsp3) is 0.231. The van der Waals surface area contributed by atoms with Crippen LogP contribution < -0.4 is 10.0 Å². The summed E-state index contributed by atoms with van der Waals surface area (Å²) < 4.78 is 28.7. The van der Waals surface area contributed by atoms with Gasteiger partial charge in [0.2, 0.25) is 10.0 Å². The van der Waals surface area contributed by atoms with Crippen molar-refractivity contribution in [2.24, 2.45) is 0 Å². The van der Waals surface area contributed by atoms with Crippen LogP contribution in [0.15, 0.2) is 65.6 Å². The Morgan fingerprint density at radius 1 is 0.882 bits per heavy atom. The molecule has 0 bridgehead atoms. The van der Waals surface area contributed by atoms with Crippen LogP contribution in [0, 0.1) is 27.7 Å². The van der Waals surface area contributed by atoms with Crippen LogP contribution >= 0.6 is 0 Å². The molecular weight excluding hydrogens is 452 g/mol. The summed E-state index contributed by atoms with van der Waals surface area (Å²) >= 11 is 0. The molecule has 7 nitrogen and oxygen atoms in total. The number of carboxylic acids is 1. The quantitative estimate of drug-likeness (QED) is 0.452. The van der Waals surface area contributed by atoms with Crippen molar-refractivity contribution < 1.29 is 23.1 Å². The van der Waals surface area contributed by atoms with Gasteiger partial charge < -0.3 is 10.4 Å². The molecule has 3 aromatic rings. The standard InChI is InChI=1S/C26H28N2O5S/c1-16-14-17(2)19(4)24(18(16)3)34(32,33)27-15-20-10-12-22(13-11-20)25(29)28-23(26(30)31)21-8-6-5-7-9-21/h5-14,23,27H,15H2,1-4H3,(H,28,29)(H,30,31). The lowest BCUT2D eigenvalue weighted by Gasteiger charge is -2.16. The van der Waals surface area contributed by atoms with Gasteiger partial charge in [0.05, 0.1) is 4.90 Å². The first-order valence-corrected chi connectivity index (χ1v) is 12.2. The zero-order valence-electron chi connectivity index (χ0n) is 19.5. The number of rotatable bonds is 8. The second kappa shape index (κ2) is 10.2. The first-order chi connectivity index (χ1) is 16.0. The van der Waals surface area contributed by atoms with Gasteiger partial charge in [0.15, 0.2) is 6.04 Å². The highest BCUT2D eigenvalue weighted by molar-refractivity contribution is 7.89. The van der Waals surface area contributed by atoms with Crippen LogP contribution in [0.3, 0.4) is 0 Å². The highest BCUT2D eigenvalue weighted by Crippen LogP contribution is 2.26. The molecule has 0 saturated carbocycles. The molecule has 0 aliphatic rings. The molecule has 1 atom stereocenters. The number of aryl methyl sites for hydroxylation is 2. The van der Waals surface area contributed by atoms with Crippen molar-refractivity contribution in [1.29, 1.82) is 0 Å². The highest BCUT2D eigenvalue weighted by atomic mass is 32.2. The van der Waals surface area contributed by atoms with E-state index in [2.05, 4.69) is 10.0 Å². The molecule has 1 amide bonds. The summed E-state index contributed by atoms with van der Waals surface area (Å²) in [6.07, 6.45) is 0. The molecular formula is C26H28N2O5S. The molecule has 3 N–H and O–H groups in total. The number of carbonyl (C=O) groups is 2. The van der Waals surface area contributed by atoms with Gasteiger partial charge in [-0.3, -0.25) is 4.79 Å². The van der Waals surface area contributed by atoms with Crippen molar-refractivity contribution >= 4 is 21.9 Å². The number of amides is 1. The van der Waals surface area contributed by atoms with Crippen LogP contribution in [0.4, 0.5) is 0 Å². The van der Waals surface area contributed by atoms with Gasteiger partial charge in [-0.25, -0.2) is 17.9 Å². The Bertz CT molecular complexity index is 1290. The summed E-state index contributed by atoms with van der Waals surface area (Å²) in [6.45, 7) is 7.42. The lowest BCUT2D eigenvalue weighted by atomic mass is 10.0. The van der Waals surface area contributed by atoms with E-state index in [-0.39, 0.29) is 12.1 Å². The molecule has 0 aromatic heterocycles. The molecule has 0 radical (unpaired) electrons. The first-order valence-electron chi connectivity index (χ1n) is 10.8. The Hall–Kier alpha value is -3.49. The average Bonchev–Trinajstić information content (AvgIpc) is 2.80. The van der Waals surface area contributed by atoms with Gasteiger partial charge in [-0.1, -0.05) is 48.5 Å². The minimum Gasteiger partial charge on any atom is -0.479 e. The number of aliphatic carboxylic acids is 1. The van der Waals surface area contributed by atoms with E-state index in [0.717, 1.165) is 11.1 Å². The van der Waals surface area contributed by atoms with Crippen LogP contribution in [-0.2, 0) is 21.4 Å². The third-order valence-electron chi connectivity index (χ3n) is 5.90. The number of sulfonamides is 1. The van der Waals surface area contributed by atoms with E-state index in [0.29, 0.717) is 27.1 Å². The Kier molecular flexibility index (Phi) is 7.54. The molecule has 3 rings (SSSR count). The molecule has 0 saturated heterocycles. The largest absolute Gasteiger partial charge is 0.479 e. The predicted octanol–water partition coefficient (Wildman–Crippen LogP) is 3.95. The maximum Gasteiger partial charge on any atom is 0.330 e. The van der Waals surface area contributed by atoms with E-state index in [1.807, 2.05) is 19.9 Å². The number of carbonyl (C=O) groups excluding carboxylic acids is 1. The van der Waals surface area contributed by atoms with Gasteiger partial charge in [0.1, 0.15) is 0 Å². The maximum absolute atomic E-state index is 13.0. The zero-order valence-corrected chi connectivity index (χ0v) is 20.4. The van der Waals surface area contributed by atoms with E-state index >= 15 is 0 Å². The summed E-state index contributed by atoms with van der Waals surface area (Å²) in [6, 6.07) is 15.6. The van der Waals surface area contributed by atoms with Crippen molar-refractivity contribution in [3.8, 4) is 0 Å². The normalized spacial score (nSPS) is 12.2. The number of hydrogen-bond acceptors (Lipinski definition) is 4. The Balaban J connectivity index is 1.72. The molecule has 0 aliphatic heterocycles. The Morgan fingerprint density at radius 2 is 1.44 bits per heavy atom. The second-order valence-electron chi connectivity index (χ2n) is 8.27. The van der Waals surface area contributed by atoms with Crippen LogP contribution in [0.1, 0.15) is 49.8 Å². The third-order valence-corrected chi connectivity index (χ3v) is 7.58. The monoisotopic (exact) mass is 480 g/mol. The molecule has 0 fully saturated rings. The topological polar surface area (TPSA) is 113 Å². The minimum atomic E-state index is -3.74. The van der Waals surface area contributed by atoms with E-state index in [9.17, 15) is 23.1 Å². The second-order valence-corrected chi connectivity index (χ2v) is 9.97. The SMILES string of the molecule is Cc1cc(C)c(C)c(S(=O)(=O)NCc2ccc(C(=O)NC(C(=O)O)c3ccccc3)cc2)c1C.